The molecule has 1 aliphatic heterocycles. The summed E-state index contributed by atoms with van der Waals surface area (Å²) in [6.45, 7) is 4.07. The van der Waals surface area contributed by atoms with Crippen LogP contribution >= 0.6 is 0 Å². The Morgan fingerprint density at radius 1 is 1.13 bits per heavy atom. The molecule has 2 aromatic carbocycles. The molecule has 0 aliphatic carbocycles. The SMILES string of the molecule is C[C@H]1Oc2c(C(=O)Nc3cccc(C(N)=O)c3)cccc2[C@@H]1C. The Hall–Kier alpha value is -2.82. The van der Waals surface area contributed by atoms with Gasteiger partial charge in [0.25, 0.3) is 5.91 Å². The van der Waals surface area contributed by atoms with E-state index in [4.69, 9.17) is 10.5 Å². The van der Waals surface area contributed by atoms with Gasteiger partial charge >= 0.3 is 0 Å². The average Bonchev–Trinajstić information content (AvgIpc) is 2.82. The van der Waals surface area contributed by atoms with Crippen LogP contribution in [0.3, 0.4) is 0 Å². The van der Waals surface area contributed by atoms with Crippen LogP contribution < -0.4 is 15.8 Å². The van der Waals surface area contributed by atoms with Crippen molar-refractivity contribution in [3.8, 4) is 5.75 Å². The molecule has 23 heavy (non-hydrogen) atoms. The second-order valence-electron chi connectivity index (χ2n) is 5.73. The first-order valence-electron chi connectivity index (χ1n) is 7.48. The molecule has 1 heterocycles. The maximum atomic E-state index is 12.6. The van der Waals surface area contributed by atoms with E-state index in [2.05, 4.69) is 12.2 Å². The first-order valence-corrected chi connectivity index (χ1v) is 7.48. The van der Waals surface area contributed by atoms with E-state index in [9.17, 15) is 9.59 Å². The minimum atomic E-state index is -0.535. The Morgan fingerprint density at radius 2 is 1.87 bits per heavy atom. The molecule has 0 spiro atoms. The van der Waals surface area contributed by atoms with Crippen LogP contribution in [0.2, 0.25) is 0 Å². The molecule has 2 atom stereocenters. The van der Waals surface area contributed by atoms with Crippen LogP contribution in [-0.2, 0) is 0 Å². The predicted octanol–water partition coefficient (Wildman–Crippen LogP) is 2.92. The fraction of sp³-hybridized carbons (Fsp3) is 0.222. The quantitative estimate of drug-likeness (QED) is 0.914. The molecule has 0 bridgehead atoms. The lowest BCUT2D eigenvalue weighted by atomic mass is 9.97. The van der Waals surface area contributed by atoms with Gasteiger partial charge in [-0.15, -0.1) is 0 Å². The van der Waals surface area contributed by atoms with Crippen LogP contribution in [0.25, 0.3) is 0 Å². The van der Waals surface area contributed by atoms with E-state index < -0.39 is 5.91 Å². The highest BCUT2D eigenvalue weighted by Gasteiger charge is 2.31. The number of ether oxygens (including phenoxy) is 1. The van der Waals surface area contributed by atoms with Crippen molar-refractivity contribution in [1.82, 2.24) is 0 Å². The van der Waals surface area contributed by atoms with Crippen LogP contribution in [0, 0.1) is 0 Å². The van der Waals surface area contributed by atoms with Crippen molar-refractivity contribution >= 4 is 17.5 Å². The van der Waals surface area contributed by atoms with Crippen molar-refractivity contribution in [3.05, 3.63) is 59.2 Å². The number of hydrogen-bond acceptors (Lipinski definition) is 3. The molecule has 0 fully saturated rings. The summed E-state index contributed by atoms with van der Waals surface area (Å²) in [6.07, 6.45) is 0.0390. The van der Waals surface area contributed by atoms with Gasteiger partial charge in [0, 0.05) is 22.7 Å². The number of anilines is 1. The molecular weight excluding hydrogens is 292 g/mol. The Kier molecular flexibility index (Phi) is 3.78. The summed E-state index contributed by atoms with van der Waals surface area (Å²) >= 11 is 0. The van der Waals surface area contributed by atoms with Crippen LogP contribution in [0.4, 0.5) is 5.69 Å². The second-order valence-corrected chi connectivity index (χ2v) is 5.73. The number of benzene rings is 2. The number of fused-ring (bicyclic) bond motifs is 1. The summed E-state index contributed by atoms with van der Waals surface area (Å²) in [5, 5.41) is 2.79. The van der Waals surface area contributed by atoms with Gasteiger partial charge in [0.2, 0.25) is 5.91 Å². The molecule has 118 valence electrons. The molecule has 5 heteroatoms. The number of carbonyl (C=O) groups is 2. The Bertz CT molecular complexity index is 786. The minimum Gasteiger partial charge on any atom is -0.489 e. The molecule has 0 aromatic heterocycles. The molecule has 1 aliphatic rings. The van der Waals surface area contributed by atoms with Gasteiger partial charge in [-0.25, -0.2) is 0 Å². The van der Waals surface area contributed by atoms with Crippen molar-refractivity contribution in [1.29, 1.82) is 0 Å². The van der Waals surface area contributed by atoms with Crippen LogP contribution in [-0.4, -0.2) is 17.9 Å². The lowest BCUT2D eigenvalue weighted by molar-refractivity contribution is 0.0995. The number of para-hydroxylation sites is 1. The van der Waals surface area contributed by atoms with Crippen LogP contribution in [0.1, 0.15) is 46.0 Å². The number of rotatable bonds is 3. The van der Waals surface area contributed by atoms with Gasteiger partial charge in [0.05, 0.1) is 5.56 Å². The molecule has 2 aromatic rings. The number of amides is 2. The zero-order valence-electron chi connectivity index (χ0n) is 13.0. The Morgan fingerprint density at radius 3 is 2.61 bits per heavy atom. The van der Waals surface area contributed by atoms with E-state index in [0.717, 1.165) is 5.56 Å². The number of carbonyl (C=O) groups excluding carboxylic acids is 2. The second kappa shape index (κ2) is 5.76. The summed E-state index contributed by atoms with van der Waals surface area (Å²) < 4.78 is 5.84. The van der Waals surface area contributed by atoms with E-state index in [1.807, 2.05) is 19.1 Å². The zero-order valence-corrected chi connectivity index (χ0v) is 13.0. The average molecular weight is 310 g/mol. The molecule has 0 saturated heterocycles. The van der Waals surface area contributed by atoms with E-state index in [-0.39, 0.29) is 17.9 Å². The highest BCUT2D eigenvalue weighted by molar-refractivity contribution is 6.07. The smallest absolute Gasteiger partial charge is 0.259 e. The lowest BCUT2D eigenvalue weighted by Gasteiger charge is -2.10. The van der Waals surface area contributed by atoms with Crippen molar-refractivity contribution in [2.45, 2.75) is 25.9 Å². The molecule has 3 rings (SSSR count). The molecule has 0 unspecified atom stereocenters. The summed E-state index contributed by atoms with van der Waals surface area (Å²) in [7, 11) is 0. The lowest BCUT2D eigenvalue weighted by Crippen LogP contribution is -2.15. The van der Waals surface area contributed by atoms with E-state index in [1.54, 1.807) is 30.3 Å². The van der Waals surface area contributed by atoms with Crippen molar-refractivity contribution in [2.24, 2.45) is 5.73 Å². The number of primary amides is 1. The molecule has 5 nitrogen and oxygen atoms in total. The maximum absolute atomic E-state index is 12.6. The third-order valence-corrected chi connectivity index (χ3v) is 4.19. The Labute approximate surface area is 134 Å². The van der Waals surface area contributed by atoms with Gasteiger partial charge in [0.1, 0.15) is 11.9 Å². The minimum absolute atomic E-state index is 0.0390. The van der Waals surface area contributed by atoms with E-state index in [0.29, 0.717) is 22.6 Å². The predicted molar refractivity (Wildman–Crippen MR) is 87.9 cm³/mol. The van der Waals surface area contributed by atoms with Crippen molar-refractivity contribution in [2.75, 3.05) is 5.32 Å². The van der Waals surface area contributed by atoms with Gasteiger partial charge in [0.15, 0.2) is 0 Å². The van der Waals surface area contributed by atoms with Crippen LogP contribution in [0.15, 0.2) is 42.5 Å². The largest absolute Gasteiger partial charge is 0.489 e. The van der Waals surface area contributed by atoms with Gasteiger partial charge in [-0.05, 0) is 31.2 Å². The highest BCUT2D eigenvalue weighted by atomic mass is 16.5. The fourth-order valence-corrected chi connectivity index (χ4v) is 2.71. The number of nitrogens with two attached hydrogens (primary N) is 1. The highest BCUT2D eigenvalue weighted by Crippen LogP contribution is 2.40. The van der Waals surface area contributed by atoms with Crippen molar-refractivity contribution < 1.29 is 14.3 Å². The fourth-order valence-electron chi connectivity index (χ4n) is 2.71. The molecule has 0 saturated carbocycles. The van der Waals surface area contributed by atoms with Gasteiger partial charge < -0.3 is 15.8 Å². The molecule has 0 radical (unpaired) electrons. The Balaban J connectivity index is 1.88. The van der Waals surface area contributed by atoms with Crippen LogP contribution in [0.5, 0.6) is 5.75 Å². The normalized spacial score (nSPS) is 18.9. The third kappa shape index (κ3) is 2.77. The standard InChI is InChI=1S/C18H18N2O3/c1-10-11(2)23-16-14(10)7-4-8-15(16)18(22)20-13-6-3-5-12(9-13)17(19)21/h3-11H,1-2H3,(H2,19,21)(H,20,22)/t10-,11-/m1/s1. The maximum Gasteiger partial charge on any atom is 0.259 e. The molecule has 2 amide bonds. The first kappa shape index (κ1) is 15.1. The van der Waals surface area contributed by atoms with Gasteiger partial charge in [-0.3, -0.25) is 9.59 Å². The van der Waals surface area contributed by atoms with E-state index >= 15 is 0 Å². The third-order valence-electron chi connectivity index (χ3n) is 4.19. The summed E-state index contributed by atoms with van der Waals surface area (Å²) in [6, 6.07) is 12.1. The van der Waals surface area contributed by atoms with Gasteiger partial charge in [-0.1, -0.05) is 25.1 Å². The summed E-state index contributed by atoms with van der Waals surface area (Å²) in [5.74, 6) is 0.0736. The zero-order chi connectivity index (χ0) is 16.6. The van der Waals surface area contributed by atoms with Gasteiger partial charge in [-0.2, -0.15) is 0 Å². The van der Waals surface area contributed by atoms with E-state index in [1.165, 1.54) is 0 Å². The first-order chi connectivity index (χ1) is 11.0. The number of hydrogen-bond donors (Lipinski definition) is 2. The number of nitrogens with one attached hydrogen (secondary N) is 1. The summed E-state index contributed by atoms with van der Waals surface area (Å²) in [4.78, 5) is 23.8. The monoisotopic (exact) mass is 310 g/mol. The topological polar surface area (TPSA) is 81.4 Å². The molecular formula is C18H18N2O3. The van der Waals surface area contributed by atoms with Crippen molar-refractivity contribution in [3.63, 3.8) is 0 Å². The molecule has 3 N–H and O–H groups in total. The summed E-state index contributed by atoms with van der Waals surface area (Å²) in [5.41, 5.74) is 7.65.